The van der Waals surface area contributed by atoms with E-state index in [-0.39, 0.29) is 23.8 Å². The molecule has 0 aromatic carbocycles. The van der Waals surface area contributed by atoms with Crippen LogP contribution in [-0.2, 0) is 16.6 Å². The molecule has 1 atom stereocenters. The minimum absolute atomic E-state index is 0.210. The normalized spacial score (nSPS) is 18.6. The Morgan fingerprint density at radius 1 is 1.35 bits per heavy atom. The molecular formula is C13H15N3O4. The molecule has 106 valence electrons. The molecule has 0 spiro atoms. The van der Waals surface area contributed by atoms with Gasteiger partial charge in [0.15, 0.2) is 0 Å². The second kappa shape index (κ2) is 5.28. The third kappa shape index (κ3) is 2.61. The summed E-state index contributed by atoms with van der Waals surface area (Å²) >= 11 is 0. The van der Waals surface area contributed by atoms with Gasteiger partial charge in [-0.2, -0.15) is 0 Å². The van der Waals surface area contributed by atoms with E-state index in [2.05, 4.69) is 5.32 Å². The van der Waals surface area contributed by atoms with Crippen LogP contribution in [0.3, 0.4) is 0 Å². The highest BCUT2D eigenvalue weighted by molar-refractivity contribution is 6.03. The van der Waals surface area contributed by atoms with Crippen LogP contribution in [0, 0.1) is 0 Å². The molecule has 3 amide bonds. The van der Waals surface area contributed by atoms with Crippen molar-refractivity contribution in [2.45, 2.75) is 18.9 Å². The largest absolute Gasteiger partial charge is 0.330 e. The molecule has 0 aliphatic carbocycles. The molecule has 20 heavy (non-hydrogen) atoms. The fourth-order valence-electron chi connectivity index (χ4n) is 2.12. The predicted octanol–water partition coefficient (Wildman–Crippen LogP) is -0.738. The van der Waals surface area contributed by atoms with Gasteiger partial charge in [0, 0.05) is 32.8 Å². The molecule has 1 aromatic rings. The van der Waals surface area contributed by atoms with Gasteiger partial charge < -0.3 is 9.47 Å². The minimum atomic E-state index is -0.669. The molecule has 2 heterocycles. The van der Waals surface area contributed by atoms with Crippen LogP contribution in [0.4, 0.5) is 0 Å². The second-order valence-electron chi connectivity index (χ2n) is 4.75. The van der Waals surface area contributed by atoms with E-state index in [1.165, 1.54) is 34.8 Å². The van der Waals surface area contributed by atoms with Gasteiger partial charge in [-0.3, -0.25) is 24.5 Å². The van der Waals surface area contributed by atoms with Gasteiger partial charge >= 0.3 is 0 Å². The summed E-state index contributed by atoms with van der Waals surface area (Å²) in [6.45, 7) is 0. The smallest absolute Gasteiger partial charge is 0.255 e. The van der Waals surface area contributed by atoms with Crippen molar-refractivity contribution < 1.29 is 14.4 Å². The van der Waals surface area contributed by atoms with Gasteiger partial charge in [-0.1, -0.05) is 0 Å². The van der Waals surface area contributed by atoms with E-state index in [1.54, 1.807) is 7.05 Å². The predicted molar refractivity (Wildman–Crippen MR) is 69.9 cm³/mol. The number of aromatic nitrogens is 1. The number of aryl methyl sites for hydroxylation is 1. The van der Waals surface area contributed by atoms with Crippen molar-refractivity contribution in [2.75, 3.05) is 7.05 Å². The summed E-state index contributed by atoms with van der Waals surface area (Å²) in [5.41, 5.74) is 0.101. The van der Waals surface area contributed by atoms with Crippen molar-refractivity contribution in [1.82, 2.24) is 14.8 Å². The minimum Gasteiger partial charge on any atom is -0.330 e. The Morgan fingerprint density at radius 3 is 2.65 bits per heavy atom. The first-order valence-corrected chi connectivity index (χ1v) is 6.17. The van der Waals surface area contributed by atoms with Crippen LogP contribution < -0.4 is 10.9 Å². The van der Waals surface area contributed by atoms with Crippen molar-refractivity contribution in [3.63, 3.8) is 0 Å². The number of carbonyl (C=O) groups excluding carboxylic acids is 3. The van der Waals surface area contributed by atoms with Crippen LogP contribution >= 0.6 is 0 Å². The van der Waals surface area contributed by atoms with Gasteiger partial charge in [-0.25, -0.2) is 0 Å². The summed E-state index contributed by atoms with van der Waals surface area (Å²) < 4.78 is 1.30. The zero-order valence-corrected chi connectivity index (χ0v) is 11.3. The average Bonchev–Trinajstić information content (AvgIpc) is 2.40. The van der Waals surface area contributed by atoms with Gasteiger partial charge in [0.25, 0.3) is 5.91 Å². The number of imide groups is 1. The number of hydrogen-bond donors (Lipinski definition) is 1. The molecule has 7 nitrogen and oxygen atoms in total. The molecule has 1 fully saturated rings. The molecular weight excluding hydrogens is 262 g/mol. The Labute approximate surface area is 115 Å². The summed E-state index contributed by atoms with van der Waals surface area (Å²) in [6, 6.07) is 2.05. The SMILES string of the molecule is CN(C(=O)c1ccc(=O)n(C)c1)C1CCC(=O)NC1=O. The fraction of sp³-hybridized carbons (Fsp3) is 0.385. The summed E-state index contributed by atoms with van der Waals surface area (Å²) in [5, 5.41) is 2.21. The molecule has 0 radical (unpaired) electrons. The molecule has 1 unspecified atom stereocenters. The number of carbonyl (C=O) groups is 3. The Hall–Kier alpha value is -2.44. The molecule has 1 aliphatic heterocycles. The third-order valence-corrected chi connectivity index (χ3v) is 3.33. The molecule has 0 saturated carbocycles. The van der Waals surface area contributed by atoms with Crippen molar-refractivity contribution in [3.05, 3.63) is 34.2 Å². The topological polar surface area (TPSA) is 88.5 Å². The van der Waals surface area contributed by atoms with Gasteiger partial charge in [0.05, 0.1) is 5.56 Å². The number of amides is 3. The fourth-order valence-corrected chi connectivity index (χ4v) is 2.12. The molecule has 1 aromatic heterocycles. The first-order valence-electron chi connectivity index (χ1n) is 6.17. The van der Waals surface area contributed by atoms with E-state index in [1.807, 2.05) is 0 Å². The monoisotopic (exact) mass is 277 g/mol. The Balaban J connectivity index is 2.20. The number of rotatable bonds is 2. The zero-order valence-electron chi connectivity index (χ0n) is 11.3. The molecule has 0 bridgehead atoms. The summed E-state index contributed by atoms with van der Waals surface area (Å²) in [7, 11) is 3.05. The number of nitrogens with one attached hydrogen (secondary N) is 1. The highest BCUT2D eigenvalue weighted by Crippen LogP contribution is 2.13. The Kier molecular flexibility index (Phi) is 3.69. The molecule has 1 saturated heterocycles. The second-order valence-corrected chi connectivity index (χ2v) is 4.75. The van der Waals surface area contributed by atoms with Crippen molar-refractivity contribution in [3.8, 4) is 0 Å². The van der Waals surface area contributed by atoms with E-state index < -0.39 is 11.9 Å². The third-order valence-electron chi connectivity index (χ3n) is 3.33. The lowest BCUT2D eigenvalue weighted by atomic mass is 10.0. The lowest BCUT2D eigenvalue weighted by Gasteiger charge is -2.29. The molecule has 7 heteroatoms. The van der Waals surface area contributed by atoms with Crippen molar-refractivity contribution in [1.29, 1.82) is 0 Å². The van der Waals surface area contributed by atoms with E-state index in [9.17, 15) is 19.2 Å². The van der Waals surface area contributed by atoms with Crippen LogP contribution in [-0.4, -0.2) is 40.3 Å². The van der Waals surface area contributed by atoms with Crippen LogP contribution in [0.15, 0.2) is 23.1 Å². The van der Waals surface area contributed by atoms with E-state index in [0.29, 0.717) is 12.0 Å². The van der Waals surface area contributed by atoms with Crippen molar-refractivity contribution in [2.24, 2.45) is 7.05 Å². The van der Waals surface area contributed by atoms with Gasteiger partial charge in [0.2, 0.25) is 17.4 Å². The van der Waals surface area contributed by atoms with E-state index in [0.717, 1.165) is 0 Å². The molecule has 2 rings (SSSR count). The summed E-state index contributed by atoms with van der Waals surface area (Å²) in [5.74, 6) is -1.16. The lowest BCUT2D eigenvalue weighted by molar-refractivity contribution is -0.136. The van der Waals surface area contributed by atoms with E-state index in [4.69, 9.17) is 0 Å². The number of nitrogens with zero attached hydrogens (tertiary/aromatic N) is 2. The van der Waals surface area contributed by atoms with Gasteiger partial charge in [-0.05, 0) is 12.5 Å². The number of likely N-dealkylation sites (N-methyl/N-ethyl adjacent to an activating group) is 1. The maximum absolute atomic E-state index is 12.3. The van der Waals surface area contributed by atoms with Crippen LogP contribution in [0.25, 0.3) is 0 Å². The lowest BCUT2D eigenvalue weighted by Crippen LogP contribution is -2.52. The summed E-state index contributed by atoms with van der Waals surface area (Å²) in [4.78, 5) is 47.7. The summed E-state index contributed by atoms with van der Waals surface area (Å²) in [6.07, 6.45) is 1.94. The van der Waals surface area contributed by atoms with E-state index >= 15 is 0 Å². The Bertz CT molecular complexity index is 635. The van der Waals surface area contributed by atoms with Crippen LogP contribution in [0.1, 0.15) is 23.2 Å². The number of hydrogen-bond acceptors (Lipinski definition) is 4. The maximum atomic E-state index is 12.3. The first-order chi connectivity index (χ1) is 9.40. The Morgan fingerprint density at radius 2 is 2.05 bits per heavy atom. The molecule has 1 aliphatic rings. The molecule has 1 N–H and O–H groups in total. The van der Waals surface area contributed by atoms with Crippen molar-refractivity contribution >= 4 is 17.7 Å². The maximum Gasteiger partial charge on any atom is 0.255 e. The number of piperidine rings is 1. The average molecular weight is 277 g/mol. The highest BCUT2D eigenvalue weighted by atomic mass is 16.2. The standard InChI is InChI=1S/C13H15N3O4/c1-15-7-8(3-6-11(15)18)13(20)16(2)9-4-5-10(17)14-12(9)19/h3,6-7,9H,4-5H2,1-2H3,(H,14,17,19). The highest BCUT2D eigenvalue weighted by Gasteiger charge is 2.32. The quantitative estimate of drug-likeness (QED) is 0.721. The first kappa shape index (κ1) is 14.0. The van der Waals surface area contributed by atoms with Crippen LogP contribution in [0.5, 0.6) is 0 Å². The van der Waals surface area contributed by atoms with Gasteiger partial charge in [-0.15, -0.1) is 0 Å². The number of pyridine rings is 1. The zero-order chi connectivity index (χ0) is 14.9. The van der Waals surface area contributed by atoms with Crippen LogP contribution in [0.2, 0.25) is 0 Å². The van der Waals surface area contributed by atoms with Gasteiger partial charge in [0.1, 0.15) is 6.04 Å².